The van der Waals surface area contributed by atoms with E-state index in [2.05, 4.69) is 4.98 Å². The predicted molar refractivity (Wildman–Crippen MR) is 69.5 cm³/mol. The quantitative estimate of drug-likeness (QED) is 0.812. The maximum absolute atomic E-state index is 12.4. The average molecular weight is 243 g/mol. The van der Waals surface area contributed by atoms with Crippen LogP contribution in [0.25, 0.3) is 5.65 Å². The zero-order valence-electron chi connectivity index (χ0n) is 10.5. The fraction of sp³-hybridized carbons (Fsp3) is 0.429. The fourth-order valence-electron chi connectivity index (χ4n) is 2.68. The van der Waals surface area contributed by atoms with Gasteiger partial charge < -0.3 is 9.30 Å². The Morgan fingerprint density at radius 2 is 2.17 bits per heavy atom. The second-order valence-corrected chi connectivity index (χ2v) is 4.95. The van der Waals surface area contributed by atoms with Crippen molar-refractivity contribution < 1.29 is 4.79 Å². The zero-order valence-corrected chi connectivity index (χ0v) is 10.5. The van der Waals surface area contributed by atoms with Crippen LogP contribution in [0, 0.1) is 0 Å². The van der Waals surface area contributed by atoms with Gasteiger partial charge in [0.1, 0.15) is 11.3 Å². The Kier molecular flexibility index (Phi) is 2.78. The maximum atomic E-state index is 12.4. The molecule has 0 atom stereocenters. The average Bonchev–Trinajstić information content (AvgIpc) is 3.05. The molecule has 1 aliphatic rings. The van der Waals surface area contributed by atoms with E-state index in [0.717, 1.165) is 18.5 Å². The Morgan fingerprint density at radius 3 is 2.89 bits per heavy atom. The van der Waals surface area contributed by atoms with Crippen LogP contribution >= 0.6 is 0 Å². The molecule has 4 heteroatoms. The number of hydrogen-bond donors (Lipinski definition) is 0. The van der Waals surface area contributed by atoms with Gasteiger partial charge in [0.2, 0.25) is 0 Å². The lowest BCUT2D eigenvalue weighted by Gasteiger charge is -2.23. The predicted octanol–water partition coefficient (Wildman–Crippen LogP) is 2.35. The van der Waals surface area contributed by atoms with Crippen LogP contribution in [0.15, 0.2) is 30.6 Å². The SMILES string of the molecule is CN(C(=O)c1cn2ccccc2n1)C1CCCC1. The standard InChI is InChI=1S/C14H17N3O/c1-16(11-6-2-3-7-11)14(18)12-10-17-9-5-4-8-13(17)15-12/h4-5,8-11H,2-3,6-7H2,1H3. The van der Waals surface area contributed by atoms with Gasteiger partial charge in [0, 0.05) is 25.5 Å². The molecule has 4 nitrogen and oxygen atoms in total. The Morgan fingerprint density at radius 1 is 1.39 bits per heavy atom. The van der Waals surface area contributed by atoms with Crippen LogP contribution in [0.1, 0.15) is 36.2 Å². The number of nitrogens with zero attached hydrogens (tertiary/aromatic N) is 3. The Hall–Kier alpha value is -1.84. The van der Waals surface area contributed by atoms with Crippen LogP contribution in [0.3, 0.4) is 0 Å². The van der Waals surface area contributed by atoms with Crippen LogP contribution in [-0.2, 0) is 0 Å². The van der Waals surface area contributed by atoms with Crippen molar-refractivity contribution in [2.45, 2.75) is 31.7 Å². The molecule has 0 radical (unpaired) electrons. The molecular weight excluding hydrogens is 226 g/mol. The van der Waals surface area contributed by atoms with E-state index in [1.165, 1.54) is 12.8 Å². The van der Waals surface area contributed by atoms with Gasteiger partial charge in [-0.25, -0.2) is 4.98 Å². The topological polar surface area (TPSA) is 37.6 Å². The van der Waals surface area contributed by atoms with Crippen LogP contribution in [0.4, 0.5) is 0 Å². The summed E-state index contributed by atoms with van der Waals surface area (Å²) >= 11 is 0. The molecule has 0 spiro atoms. The number of carbonyl (C=O) groups is 1. The first-order valence-corrected chi connectivity index (χ1v) is 6.46. The molecule has 94 valence electrons. The highest BCUT2D eigenvalue weighted by atomic mass is 16.2. The van der Waals surface area contributed by atoms with E-state index in [-0.39, 0.29) is 5.91 Å². The molecule has 18 heavy (non-hydrogen) atoms. The van der Waals surface area contributed by atoms with Gasteiger partial charge in [-0.2, -0.15) is 0 Å². The van der Waals surface area contributed by atoms with Crippen molar-refractivity contribution in [2.75, 3.05) is 7.05 Å². The highest BCUT2D eigenvalue weighted by Crippen LogP contribution is 2.23. The number of imidazole rings is 1. The minimum Gasteiger partial charge on any atom is -0.337 e. The molecule has 1 saturated carbocycles. The van der Waals surface area contributed by atoms with E-state index in [1.54, 1.807) is 0 Å². The number of hydrogen-bond acceptors (Lipinski definition) is 2. The number of amides is 1. The maximum Gasteiger partial charge on any atom is 0.274 e. The molecule has 3 rings (SSSR count). The lowest BCUT2D eigenvalue weighted by atomic mass is 10.2. The number of carbonyl (C=O) groups excluding carboxylic acids is 1. The molecule has 0 aromatic carbocycles. The summed E-state index contributed by atoms with van der Waals surface area (Å²) < 4.78 is 1.88. The number of pyridine rings is 1. The Labute approximate surface area is 106 Å². The molecule has 0 saturated heterocycles. The molecular formula is C14H17N3O. The molecule has 1 aliphatic carbocycles. The van der Waals surface area contributed by atoms with Crippen molar-refractivity contribution in [3.05, 3.63) is 36.3 Å². The Bertz CT molecular complexity index is 536. The summed E-state index contributed by atoms with van der Waals surface area (Å²) in [4.78, 5) is 18.6. The third-order valence-electron chi connectivity index (χ3n) is 3.78. The summed E-state index contributed by atoms with van der Waals surface area (Å²) in [5.41, 5.74) is 1.36. The summed E-state index contributed by atoms with van der Waals surface area (Å²) in [6.07, 6.45) is 8.42. The minimum absolute atomic E-state index is 0.0330. The van der Waals surface area contributed by atoms with Crippen molar-refractivity contribution in [3.63, 3.8) is 0 Å². The first kappa shape index (κ1) is 11.3. The van der Waals surface area contributed by atoms with Crippen molar-refractivity contribution in [1.29, 1.82) is 0 Å². The summed E-state index contributed by atoms with van der Waals surface area (Å²) in [7, 11) is 1.89. The van der Waals surface area contributed by atoms with E-state index in [1.807, 2.05) is 46.9 Å². The van der Waals surface area contributed by atoms with Gasteiger partial charge in [0.05, 0.1) is 0 Å². The highest BCUT2D eigenvalue weighted by Gasteiger charge is 2.25. The molecule has 2 aromatic rings. The third kappa shape index (κ3) is 1.88. The monoisotopic (exact) mass is 243 g/mol. The first-order chi connectivity index (χ1) is 8.75. The summed E-state index contributed by atoms with van der Waals surface area (Å²) in [6.45, 7) is 0. The smallest absolute Gasteiger partial charge is 0.274 e. The number of fused-ring (bicyclic) bond motifs is 1. The van der Waals surface area contributed by atoms with Crippen LogP contribution in [0.5, 0.6) is 0 Å². The molecule has 1 amide bonds. The van der Waals surface area contributed by atoms with Gasteiger partial charge >= 0.3 is 0 Å². The molecule has 0 bridgehead atoms. The molecule has 0 N–H and O–H groups in total. The van der Waals surface area contributed by atoms with Crippen molar-refractivity contribution in [2.24, 2.45) is 0 Å². The number of rotatable bonds is 2. The van der Waals surface area contributed by atoms with Gasteiger partial charge in [0.15, 0.2) is 0 Å². The van der Waals surface area contributed by atoms with E-state index >= 15 is 0 Å². The van der Waals surface area contributed by atoms with Gasteiger partial charge in [-0.1, -0.05) is 18.9 Å². The minimum atomic E-state index is 0.0330. The van der Waals surface area contributed by atoms with Gasteiger partial charge in [-0.05, 0) is 25.0 Å². The molecule has 0 aliphatic heterocycles. The normalized spacial score (nSPS) is 16.3. The van der Waals surface area contributed by atoms with Crippen LogP contribution < -0.4 is 0 Å². The second-order valence-electron chi connectivity index (χ2n) is 4.95. The van der Waals surface area contributed by atoms with Crippen molar-refractivity contribution in [1.82, 2.24) is 14.3 Å². The summed E-state index contributed by atoms with van der Waals surface area (Å²) in [5, 5.41) is 0. The zero-order chi connectivity index (χ0) is 12.5. The highest BCUT2D eigenvalue weighted by molar-refractivity contribution is 5.93. The van der Waals surface area contributed by atoms with Crippen LogP contribution in [0.2, 0.25) is 0 Å². The van der Waals surface area contributed by atoms with Crippen molar-refractivity contribution in [3.8, 4) is 0 Å². The van der Waals surface area contributed by atoms with E-state index in [4.69, 9.17) is 0 Å². The van der Waals surface area contributed by atoms with Gasteiger partial charge in [-0.3, -0.25) is 4.79 Å². The summed E-state index contributed by atoms with van der Waals surface area (Å²) in [6, 6.07) is 6.16. The van der Waals surface area contributed by atoms with E-state index in [0.29, 0.717) is 11.7 Å². The second kappa shape index (κ2) is 4.44. The van der Waals surface area contributed by atoms with Crippen LogP contribution in [-0.4, -0.2) is 33.3 Å². The van der Waals surface area contributed by atoms with Crippen molar-refractivity contribution >= 4 is 11.6 Å². The summed E-state index contributed by atoms with van der Waals surface area (Å²) in [5.74, 6) is 0.0330. The van der Waals surface area contributed by atoms with Gasteiger partial charge in [0.25, 0.3) is 5.91 Å². The first-order valence-electron chi connectivity index (χ1n) is 6.46. The Balaban J connectivity index is 1.86. The molecule has 1 fully saturated rings. The largest absolute Gasteiger partial charge is 0.337 e. The molecule has 2 heterocycles. The number of aromatic nitrogens is 2. The molecule has 0 unspecified atom stereocenters. The third-order valence-corrected chi connectivity index (χ3v) is 3.78. The van der Waals surface area contributed by atoms with Gasteiger partial charge in [-0.15, -0.1) is 0 Å². The lowest BCUT2D eigenvalue weighted by molar-refractivity contribution is 0.0730. The molecule has 2 aromatic heterocycles. The van der Waals surface area contributed by atoms with E-state index in [9.17, 15) is 4.79 Å². The van der Waals surface area contributed by atoms with E-state index < -0.39 is 0 Å². The fourth-order valence-corrected chi connectivity index (χ4v) is 2.68. The lowest BCUT2D eigenvalue weighted by Crippen LogP contribution is -2.35.